The quantitative estimate of drug-likeness (QED) is 0.588. The van der Waals surface area contributed by atoms with E-state index >= 15 is 0 Å². The zero-order valence-corrected chi connectivity index (χ0v) is 17.4. The summed E-state index contributed by atoms with van der Waals surface area (Å²) in [6.07, 6.45) is 0.853. The van der Waals surface area contributed by atoms with E-state index in [0.717, 1.165) is 17.8 Å². The van der Waals surface area contributed by atoms with Crippen LogP contribution in [0.15, 0.2) is 42.5 Å². The van der Waals surface area contributed by atoms with Gasteiger partial charge in [-0.3, -0.25) is 0 Å². The lowest BCUT2D eigenvalue weighted by atomic mass is 9.59. The number of benzene rings is 1. The van der Waals surface area contributed by atoms with Crippen molar-refractivity contribution in [3.63, 3.8) is 0 Å². The molecule has 0 aliphatic heterocycles. The normalized spacial score (nSPS) is 20.2. The van der Waals surface area contributed by atoms with Gasteiger partial charge < -0.3 is 18.9 Å². The van der Waals surface area contributed by atoms with Crippen LogP contribution in [0.1, 0.15) is 41.1 Å². The van der Waals surface area contributed by atoms with Crippen LogP contribution in [0, 0.1) is 0 Å². The summed E-state index contributed by atoms with van der Waals surface area (Å²) >= 11 is 0. The highest BCUT2D eigenvalue weighted by Crippen LogP contribution is 2.58. The molecule has 2 aromatic heterocycles. The first kappa shape index (κ1) is 19.9. The Morgan fingerprint density at radius 2 is 1.17 bits per heavy atom. The van der Waals surface area contributed by atoms with Gasteiger partial charge in [-0.05, 0) is 12.0 Å². The van der Waals surface area contributed by atoms with Crippen LogP contribution in [-0.2, 0) is 0 Å². The number of rotatable bonds is 7. The van der Waals surface area contributed by atoms with Crippen molar-refractivity contribution >= 4 is 0 Å². The molecular weight excluding hydrogens is 384 g/mol. The third-order valence-corrected chi connectivity index (χ3v) is 5.51. The highest BCUT2D eigenvalue weighted by atomic mass is 16.5. The first-order valence-corrected chi connectivity index (χ1v) is 9.65. The monoisotopic (exact) mass is 408 g/mol. The second-order valence-corrected chi connectivity index (χ2v) is 7.03. The second-order valence-electron chi connectivity index (χ2n) is 7.03. The molecule has 1 aliphatic carbocycles. The van der Waals surface area contributed by atoms with Crippen LogP contribution < -0.4 is 18.9 Å². The molecule has 4 rings (SSSR count). The van der Waals surface area contributed by atoms with E-state index in [4.69, 9.17) is 18.9 Å². The number of methoxy groups -OCH3 is 4. The number of hydrogen-bond donors (Lipinski definition) is 0. The molecule has 2 atom stereocenters. The fourth-order valence-electron chi connectivity index (χ4n) is 4.01. The van der Waals surface area contributed by atoms with Crippen molar-refractivity contribution in [2.24, 2.45) is 0 Å². The second kappa shape index (κ2) is 8.52. The number of aromatic nitrogens is 4. The number of nitrogens with zero attached hydrogens (tertiary/aromatic N) is 4. The summed E-state index contributed by atoms with van der Waals surface area (Å²) < 4.78 is 21.2. The molecule has 1 saturated carbocycles. The van der Waals surface area contributed by atoms with Gasteiger partial charge in [0, 0.05) is 29.9 Å². The Balaban J connectivity index is 1.75. The Kier molecular flexibility index (Phi) is 5.65. The first-order chi connectivity index (χ1) is 14.7. The third kappa shape index (κ3) is 3.72. The van der Waals surface area contributed by atoms with Crippen LogP contribution in [0.5, 0.6) is 23.8 Å². The predicted octanol–water partition coefficient (Wildman–Crippen LogP) is 3.36. The summed E-state index contributed by atoms with van der Waals surface area (Å²) in [6, 6.07) is 14.7. The first-order valence-electron chi connectivity index (χ1n) is 9.65. The van der Waals surface area contributed by atoms with E-state index in [1.54, 1.807) is 28.4 Å². The van der Waals surface area contributed by atoms with E-state index in [0.29, 0.717) is 23.8 Å². The van der Waals surface area contributed by atoms with Crippen molar-refractivity contribution in [3.05, 3.63) is 59.4 Å². The molecule has 156 valence electrons. The molecule has 1 aliphatic rings. The molecule has 30 heavy (non-hydrogen) atoms. The van der Waals surface area contributed by atoms with Crippen molar-refractivity contribution in [1.82, 2.24) is 19.9 Å². The van der Waals surface area contributed by atoms with Gasteiger partial charge >= 0.3 is 12.0 Å². The highest BCUT2D eigenvalue weighted by molar-refractivity contribution is 5.38. The van der Waals surface area contributed by atoms with E-state index in [2.05, 4.69) is 32.1 Å². The Hall–Kier alpha value is -3.42. The van der Waals surface area contributed by atoms with Gasteiger partial charge in [-0.1, -0.05) is 30.3 Å². The summed E-state index contributed by atoms with van der Waals surface area (Å²) in [5.74, 6) is 1.46. The average Bonchev–Trinajstić information content (AvgIpc) is 2.78. The molecule has 0 N–H and O–H groups in total. The predicted molar refractivity (Wildman–Crippen MR) is 110 cm³/mol. The minimum Gasteiger partial charge on any atom is -0.481 e. The minimum atomic E-state index is 0.162. The summed E-state index contributed by atoms with van der Waals surface area (Å²) in [5, 5.41) is 0. The van der Waals surface area contributed by atoms with E-state index in [9.17, 15) is 0 Å². The number of hydrogen-bond acceptors (Lipinski definition) is 8. The Morgan fingerprint density at radius 3 is 1.60 bits per heavy atom. The molecule has 0 bridgehead atoms. The SMILES string of the molecule is COc1cc(C2CC(c3cc(OC)nc(OC)n3)C2c2ccccc2)nc(OC)n1. The maximum Gasteiger partial charge on any atom is 0.319 e. The van der Waals surface area contributed by atoms with Gasteiger partial charge in [0.25, 0.3) is 0 Å². The van der Waals surface area contributed by atoms with Gasteiger partial charge in [0.1, 0.15) is 0 Å². The van der Waals surface area contributed by atoms with Crippen LogP contribution >= 0.6 is 0 Å². The smallest absolute Gasteiger partial charge is 0.319 e. The van der Waals surface area contributed by atoms with E-state index in [-0.39, 0.29) is 17.8 Å². The third-order valence-electron chi connectivity index (χ3n) is 5.51. The molecule has 2 unspecified atom stereocenters. The van der Waals surface area contributed by atoms with Crippen LogP contribution in [0.4, 0.5) is 0 Å². The van der Waals surface area contributed by atoms with Gasteiger partial charge in [0.15, 0.2) is 0 Å². The van der Waals surface area contributed by atoms with E-state index in [1.165, 1.54) is 5.56 Å². The average molecular weight is 408 g/mol. The van der Waals surface area contributed by atoms with E-state index < -0.39 is 0 Å². The van der Waals surface area contributed by atoms with Crippen LogP contribution in [0.25, 0.3) is 0 Å². The molecule has 0 saturated heterocycles. The maximum absolute atomic E-state index is 5.34. The molecule has 0 amide bonds. The van der Waals surface area contributed by atoms with Crippen LogP contribution in [0.3, 0.4) is 0 Å². The zero-order valence-electron chi connectivity index (χ0n) is 17.4. The van der Waals surface area contributed by atoms with Crippen LogP contribution in [0.2, 0.25) is 0 Å². The van der Waals surface area contributed by atoms with Gasteiger partial charge in [0.05, 0.1) is 39.8 Å². The molecule has 2 heterocycles. The molecule has 0 spiro atoms. The number of ether oxygens (including phenoxy) is 4. The van der Waals surface area contributed by atoms with Gasteiger partial charge in [-0.15, -0.1) is 0 Å². The Morgan fingerprint density at radius 1 is 0.667 bits per heavy atom. The molecule has 0 radical (unpaired) electrons. The fraction of sp³-hybridized carbons (Fsp3) is 0.364. The lowest BCUT2D eigenvalue weighted by molar-refractivity contribution is 0.263. The van der Waals surface area contributed by atoms with E-state index in [1.807, 2.05) is 30.3 Å². The van der Waals surface area contributed by atoms with Crippen molar-refractivity contribution in [2.75, 3.05) is 28.4 Å². The largest absolute Gasteiger partial charge is 0.481 e. The summed E-state index contributed by atoms with van der Waals surface area (Å²) in [4.78, 5) is 17.6. The Bertz CT molecular complexity index is 909. The van der Waals surface area contributed by atoms with Gasteiger partial charge in [-0.2, -0.15) is 19.9 Å². The van der Waals surface area contributed by atoms with Gasteiger partial charge in [0.2, 0.25) is 11.8 Å². The lowest BCUT2D eigenvalue weighted by Crippen LogP contribution is -2.32. The van der Waals surface area contributed by atoms with Crippen molar-refractivity contribution in [3.8, 4) is 23.8 Å². The molecular formula is C22H24N4O4. The summed E-state index contributed by atoms with van der Waals surface area (Å²) in [5.41, 5.74) is 2.99. The van der Waals surface area contributed by atoms with Crippen molar-refractivity contribution in [2.45, 2.75) is 24.2 Å². The standard InChI is InChI=1S/C22H24N4O4/c1-27-18-11-16(23-21(25-18)29-3)14-10-15(20(14)13-8-6-5-7-9-13)17-12-19(28-2)26-22(24-17)30-4/h5-9,11-12,14-15,20H,10H2,1-4H3. The van der Waals surface area contributed by atoms with Crippen LogP contribution in [-0.4, -0.2) is 48.4 Å². The molecule has 8 heteroatoms. The van der Waals surface area contributed by atoms with Crippen molar-refractivity contribution < 1.29 is 18.9 Å². The zero-order chi connectivity index (χ0) is 21.1. The molecule has 1 fully saturated rings. The summed E-state index contributed by atoms with van der Waals surface area (Å²) in [6.45, 7) is 0. The topological polar surface area (TPSA) is 88.5 Å². The summed E-state index contributed by atoms with van der Waals surface area (Å²) in [7, 11) is 6.28. The lowest BCUT2D eigenvalue weighted by Gasteiger charge is -2.44. The molecule has 3 aromatic rings. The van der Waals surface area contributed by atoms with Gasteiger partial charge in [-0.25, -0.2) is 0 Å². The fourth-order valence-corrected chi connectivity index (χ4v) is 4.01. The molecule has 1 aromatic carbocycles. The highest BCUT2D eigenvalue weighted by Gasteiger charge is 2.45. The molecule has 8 nitrogen and oxygen atoms in total. The van der Waals surface area contributed by atoms with Crippen molar-refractivity contribution in [1.29, 1.82) is 0 Å². The maximum atomic E-state index is 5.34. The minimum absolute atomic E-state index is 0.162. The Labute approximate surface area is 175 Å².